The first-order valence-corrected chi connectivity index (χ1v) is 11.3. The monoisotopic (exact) mass is 476 g/mol. The van der Waals surface area contributed by atoms with Crippen LogP contribution in [0.2, 0.25) is 0 Å². The number of nitrogens with one attached hydrogen (secondary N) is 1. The Morgan fingerprint density at radius 3 is 2.32 bits per heavy atom. The molecule has 2 rings (SSSR count). The summed E-state index contributed by atoms with van der Waals surface area (Å²) in [5.74, 6) is 0.205. The fraction of sp³-hybridized carbons (Fsp3) is 0.560. The maximum absolute atomic E-state index is 13.8. The number of allylic oxidation sites excluding steroid dienone is 2. The molecular weight excluding hydrogens is 440 g/mol. The Morgan fingerprint density at radius 2 is 1.74 bits per heavy atom. The molecule has 0 unspecified atom stereocenters. The van der Waals surface area contributed by atoms with Crippen LogP contribution in [0.15, 0.2) is 30.4 Å². The lowest BCUT2D eigenvalue weighted by molar-refractivity contribution is -0.154. The molecule has 1 aromatic carbocycles. The average molecular weight is 477 g/mol. The van der Waals surface area contributed by atoms with Gasteiger partial charge in [-0.3, -0.25) is 4.79 Å². The van der Waals surface area contributed by atoms with Gasteiger partial charge in [-0.2, -0.15) is 0 Å². The third-order valence-electron chi connectivity index (χ3n) is 5.35. The topological polar surface area (TPSA) is 103 Å². The summed E-state index contributed by atoms with van der Waals surface area (Å²) in [6.45, 7) is 5.34. The van der Waals surface area contributed by atoms with Crippen LogP contribution in [0.1, 0.15) is 52.0 Å². The summed E-state index contributed by atoms with van der Waals surface area (Å²) in [4.78, 5) is 40.5. The number of methoxy groups -OCH3 is 3. The van der Waals surface area contributed by atoms with Crippen molar-refractivity contribution in [1.82, 2.24) is 10.2 Å². The van der Waals surface area contributed by atoms with Gasteiger partial charge in [-0.25, -0.2) is 9.59 Å². The lowest BCUT2D eigenvalue weighted by Gasteiger charge is -2.34. The number of amides is 2. The van der Waals surface area contributed by atoms with Crippen molar-refractivity contribution in [2.75, 3.05) is 21.3 Å². The molecule has 2 atom stereocenters. The molecule has 0 fully saturated rings. The van der Waals surface area contributed by atoms with Gasteiger partial charge in [0.05, 0.1) is 27.9 Å². The molecule has 34 heavy (non-hydrogen) atoms. The molecule has 0 saturated heterocycles. The Balaban J connectivity index is 2.44. The van der Waals surface area contributed by atoms with E-state index >= 15 is 0 Å². The molecule has 0 bridgehead atoms. The van der Waals surface area contributed by atoms with Crippen molar-refractivity contribution in [2.24, 2.45) is 0 Å². The van der Waals surface area contributed by atoms with Crippen LogP contribution in [-0.4, -0.2) is 61.9 Å². The van der Waals surface area contributed by atoms with Crippen molar-refractivity contribution in [1.29, 1.82) is 0 Å². The highest BCUT2D eigenvalue weighted by atomic mass is 16.6. The first-order valence-electron chi connectivity index (χ1n) is 11.3. The molecule has 0 spiro atoms. The number of hydrogen-bond donors (Lipinski definition) is 1. The standard InChI is InChI=1S/C25H36N2O7/c1-25(2,3)34-24(30)26-19-11-9-7-8-10-12-20(23(29)33-6)27(22(19)28)16-17-13-14-18(31-4)15-21(17)32-5/h7-8,13-15,19-20H,9-12,16H2,1-6H3,(H,26,30)/b8-7+/t19-,20-/m0/s1. The molecule has 1 aromatic rings. The Labute approximate surface area is 201 Å². The molecule has 0 aromatic heterocycles. The number of rotatable bonds is 6. The van der Waals surface area contributed by atoms with Gasteiger partial charge in [0.15, 0.2) is 0 Å². The van der Waals surface area contributed by atoms with Crippen molar-refractivity contribution in [2.45, 2.75) is 70.7 Å². The van der Waals surface area contributed by atoms with Crippen molar-refractivity contribution in [3.05, 3.63) is 35.9 Å². The molecule has 1 N–H and O–H groups in total. The first-order chi connectivity index (χ1) is 16.1. The molecule has 0 aliphatic carbocycles. The second-order valence-corrected chi connectivity index (χ2v) is 9.01. The summed E-state index contributed by atoms with van der Waals surface area (Å²) in [6, 6.07) is 3.54. The zero-order chi connectivity index (χ0) is 25.3. The highest BCUT2D eigenvalue weighted by Gasteiger charge is 2.36. The number of nitrogens with zero attached hydrogens (tertiary/aromatic N) is 1. The van der Waals surface area contributed by atoms with Gasteiger partial charge in [-0.15, -0.1) is 0 Å². The number of benzene rings is 1. The Kier molecular flexibility index (Phi) is 9.77. The number of esters is 1. The van der Waals surface area contributed by atoms with Crippen molar-refractivity contribution in [3.63, 3.8) is 0 Å². The number of ether oxygens (including phenoxy) is 4. The maximum atomic E-state index is 13.8. The van der Waals surface area contributed by atoms with Gasteiger partial charge in [-0.1, -0.05) is 12.2 Å². The second kappa shape index (κ2) is 12.3. The van der Waals surface area contributed by atoms with E-state index in [1.807, 2.05) is 12.2 Å². The lowest BCUT2D eigenvalue weighted by Crippen LogP contribution is -2.54. The molecule has 2 amide bonds. The number of hydrogen-bond acceptors (Lipinski definition) is 7. The van der Waals surface area contributed by atoms with Crippen LogP contribution in [0, 0.1) is 0 Å². The first kappa shape index (κ1) is 27.0. The zero-order valence-electron chi connectivity index (χ0n) is 20.9. The summed E-state index contributed by atoms with van der Waals surface area (Å²) in [5, 5.41) is 2.69. The average Bonchev–Trinajstić information content (AvgIpc) is 2.79. The van der Waals surface area contributed by atoms with Gasteiger partial charge < -0.3 is 29.2 Å². The highest BCUT2D eigenvalue weighted by Crippen LogP contribution is 2.28. The van der Waals surface area contributed by atoms with E-state index in [1.165, 1.54) is 19.1 Å². The molecule has 9 nitrogen and oxygen atoms in total. The van der Waals surface area contributed by atoms with E-state index in [0.29, 0.717) is 42.7 Å². The van der Waals surface area contributed by atoms with Crippen LogP contribution in [0.25, 0.3) is 0 Å². The molecule has 1 heterocycles. The van der Waals surface area contributed by atoms with Crippen LogP contribution < -0.4 is 14.8 Å². The molecule has 1 aliphatic heterocycles. The van der Waals surface area contributed by atoms with E-state index in [1.54, 1.807) is 46.1 Å². The van der Waals surface area contributed by atoms with E-state index in [4.69, 9.17) is 18.9 Å². The number of carbonyl (C=O) groups excluding carboxylic acids is 3. The maximum Gasteiger partial charge on any atom is 0.408 e. The molecule has 188 valence electrons. The minimum absolute atomic E-state index is 0.0853. The normalized spacial score (nSPS) is 20.2. The molecular formula is C25H36N2O7. The van der Waals surface area contributed by atoms with E-state index in [9.17, 15) is 14.4 Å². The van der Waals surface area contributed by atoms with E-state index in [0.717, 1.165) is 0 Å². The number of carbonyl (C=O) groups is 3. The fourth-order valence-electron chi connectivity index (χ4n) is 3.70. The predicted octanol–water partition coefficient (Wildman–Crippen LogP) is 3.60. The van der Waals surface area contributed by atoms with E-state index in [2.05, 4.69) is 5.32 Å². The summed E-state index contributed by atoms with van der Waals surface area (Å²) < 4.78 is 21.2. The summed E-state index contributed by atoms with van der Waals surface area (Å²) in [5.41, 5.74) is -0.0255. The quantitative estimate of drug-likeness (QED) is 0.494. The van der Waals surface area contributed by atoms with Crippen molar-refractivity contribution in [3.8, 4) is 11.5 Å². The number of alkyl carbamates (subject to hydrolysis) is 1. The third kappa shape index (κ3) is 7.67. The van der Waals surface area contributed by atoms with Crippen LogP contribution in [0.5, 0.6) is 11.5 Å². The van der Waals surface area contributed by atoms with Crippen molar-refractivity contribution < 1.29 is 33.3 Å². The molecule has 9 heteroatoms. The van der Waals surface area contributed by atoms with Crippen LogP contribution in [-0.2, 0) is 25.6 Å². The minimum atomic E-state index is -0.881. The van der Waals surface area contributed by atoms with Crippen LogP contribution in [0.4, 0.5) is 4.79 Å². The Morgan fingerprint density at radius 1 is 1.06 bits per heavy atom. The van der Waals surface area contributed by atoms with Gasteiger partial charge in [-0.05, 0) is 58.6 Å². The molecule has 0 saturated carbocycles. The van der Waals surface area contributed by atoms with Gasteiger partial charge in [0.25, 0.3) is 0 Å². The van der Waals surface area contributed by atoms with Crippen LogP contribution >= 0.6 is 0 Å². The Hall–Kier alpha value is -3.23. The minimum Gasteiger partial charge on any atom is -0.497 e. The SMILES string of the molecule is COC(=O)[C@@H]1CC/C=C/CC[C@H](NC(=O)OC(C)(C)C)C(=O)N1Cc1ccc(OC)cc1OC. The van der Waals surface area contributed by atoms with Gasteiger partial charge in [0, 0.05) is 11.6 Å². The Bertz CT molecular complexity index is 892. The van der Waals surface area contributed by atoms with Crippen molar-refractivity contribution >= 4 is 18.0 Å². The van der Waals surface area contributed by atoms with Crippen LogP contribution in [0.3, 0.4) is 0 Å². The third-order valence-corrected chi connectivity index (χ3v) is 5.35. The fourth-order valence-corrected chi connectivity index (χ4v) is 3.70. The van der Waals surface area contributed by atoms with E-state index < -0.39 is 35.7 Å². The molecule has 1 aliphatic rings. The predicted molar refractivity (Wildman–Crippen MR) is 127 cm³/mol. The smallest absolute Gasteiger partial charge is 0.408 e. The lowest BCUT2D eigenvalue weighted by atomic mass is 10.0. The summed E-state index contributed by atoms with van der Waals surface area (Å²) >= 11 is 0. The zero-order valence-corrected chi connectivity index (χ0v) is 20.9. The van der Waals surface area contributed by atoms with Gasteiger partial charge in [0.1, 0.15) is 29.2 Å². The second-order valence-electron chi connectivity index (χ2n) is 9.01. The largest absolute Gasteiger partial charge is 0.497 e. The highest BCUT2D eigenvalue weighted by molar-refractivity contribution is 5.90. The summed E-state index contributed by atoms with van der Waals surface area (Å²) in [6.07, 6.45) is 5.17. The van der Waals surface area contributed by atoms with Gasteiger partial charge in [0.2, 0.25) is 5.91 Å². The van der Waals surface area contributed by atoms with Gasteiger partial charge >= 0.3 is 12.1 Å². The summed E-state index contributed by atoms with van der Waals surface area (Å²) in [7, 11) is 4.37. The van der Waals surface area contributed by atoms with E-state index in [-0.39, 0.29) is 6.54 Å². The molecule has 0 radical (unpaired) electrons.